The fourth-order valence-corrected chi connectivity index (χ4v) is 2.14. The summed E-state index contributed by atoms with van der Waals surface area (Å²) in [5, 5.41) is 8.87. The first-order valence-corrected chi connectivity index (χ1v) is 8.56. The number of carbonyl (C=O) groups is 1. The van der Waals surface area contributed by atoms with Crippen LogP contribution in [0.2, 0.25) is 0 Å². The molecule has 1 amide bonds. The van der Waals surface area contributed by atoms with Crippen molar-refractivity contribution >= 4 is 35.8 Å². The molecule has 1 rings (SSSR count). The third-order valence-electron chi connectivity index (χ3n) is 3.67. The highest BCUT2D eigenvalue weighted by atomic mass is 127. The van der Waals surface area contributed by atoms with E-state index >= 15 is 0 Å². The summed E-state index contributed by atoms with van der Waals surface area (Å²) in [7, 11) is 0. The summed E-state index contributed by atoms with van der Waals surface area (Å²) < 4.78 is 38.3. The molecule has 0 aromatic heterocycles. The molecule has 0 saturated carbocycles. The first-order chi connectivity index (χ1) is 12.1. The van der Waals surface area contributed by atoms with Crippen LogP contribution in [0.3, 0.4) is 0 Å². The van der Waals surface area contributed by atoms with Gasteiger partial charge in [0.05, 0.1) is 17.5 Å². The minimum absolute atomic E-state index is 0. The fourth-order valence-electron chi connectivity index (χ4n) is 2.14. The number of amides is 1. The van der Waals surface area contributed by atoms with Crippen LogP contribution in [0, 0.1) is 5.41 Å². The number of nitrogens with zero attached hydrogens (tertiary/aromatic N) is 1. The van der Waals surface area contributed by atoms with E-state index in [1.807, 2.05) is 13.8 Å². The van der Waals surface area contributed by atoms with E-state index in [4.69, 9.17) is 0 Å². The predicted octanol–water partition coefficient (Wildman–Crippen LogP) is 3.54. The van der Waals surface area contributed by atoms with Crippen LogP contribution in [-0.2, 0) is 17.5 Å². The maximum Gasteiger partial charge on any atom is 0.416 e. The Morgan fingerprint density at radius 2 is 1.70 bits per heavy atom. The smallest absolute Gasteiger partial charge is 0.357 e. The number of hydrogen-bond acceptors (Lipinski definition) is 2. The Labute approximate surface area is 175 Å². The van der Waals surface area contributed by atoms with Gasteiger partial charge in [-0.2, -0.15) is 13.2 Å². The van der Waals surface area contributed by atoms with Crippen LogP contribution < -0.4 is 16.0 Å². The van der Waals surface area contributed by atoms with Gasteiger partial charge >= 0.3 is 6.18 Å². The van der Waals surface area contributed by atoms with Crippen molar-refractivity contribution in [3.8, 4) is 0 Å². The molecule has 0 bridgehead atoms. The van der Waals surface area contributed by atoms with E-state index in [2.05, 4.69) is 20.9 Å². The molecule has 0 aliphatic rings. The van der Waals surface area contributed by atoms with Crippen molar-refractivity contribution in [2.45, 2.75) is 40.4 Å². The summed E-state index contributed by atoms with van der Waals surface area (Å²) in [6, 6.07) is 5.09. The first-order valence-electron chi connectivity index (χ1n) is 8.56. The standard InChI is InChI=1S/C18H27F3N4O.HI/c1-5-22-15(26)17(3,4)12-25-16(23-6-2)24-11-13-8-7-9-14(10-13)18(19,20)21;/h7-10H,5-6,11-12H2,1-4H3,(H,22,26)(H2,23,24,25);1H. The van der Waals surface area contributed by atoms with Crippen LogP contribution in [0.4, 0.5) is 13.2 Å². The molecule has 0 fully saturated rings. The summed E-state index contributed by atoms with van der Waals surface area (Å²) >= 11 is 0. The highest BCUT2D eigenvalue weighted by molar-refractivity contribution is 14.0. The van der Waals surface area contributed by atoms with Crippen molar-refractivity contribution in [2.24, 2.45) is 10.4 Å². The SMILES string of the molecule is CCNC(=O)C(C)(C)CNC(=NCc1cccc(C(F)(F)F)c1)NCC.I. The number of alkyl halides is 3. The number of benzene rings is 1. The molecule has 5 nitrogen and oxygen atoms in total. The number of hydrogen-bond donors (Lipinski definition) is 3. The maximum absolute atomic E-state index is 12.8. The van der Waals surface area contributed by atoms with Gasteiger partial charge in [-0.25, -0.2) is 4.99 Å². The Morgan fingerprint density at radius 1 is 1.07 bits per heavy atom. The van der Waals surface area contributed by atoms with Crippen LogP contribution in [0.25, 0.3) is 0 Å². The Hall–Kier alpha value is -1.52. The minimum atomic E-state index is -4.38. The van der Waals surface area contributed by atoms with Gasteiger partial charge in [0, 0.05) is 19.6 Å². The maximum atomic E-state index is 12.8. The van der Waals surface area contributed by atoms with Crippen molar-refractivity contribution in [2.75, 3.05) is 19.6 Å². The van der Waals surface area contributed by atoms with Gasteiger partial charge in [0.1, 0.15) is 0 Å². The average Bonchev–Trinajstić information content (AvgIpc) is 2.57. The van der Waals surface area contributed by atoms with Crippen molar-refractivity contribution < 1.29 is 18.0 Å². The third-order valence-corrected chi connectivity index (χ3v) is 3.67. The summed E-state index contributed by atoms with van der Waals surface area (Å²) in [6.07, 6.45) is -4.38. The molecule has 0 spiro atoms. The Morgan fingerprint density at radius 3 is 2.26 bits per heavy atom. The lowest BCUT2D eigenvalue weighted by molar-refractivity contribution is -0.137. The molecule has 0 saturated heterocycles. The zero-order valence-electron chi connectivity index (χ0n) is 16.0. The number of halogens is 4. The monoisotopic (exact) mass is 500 g/mol. The molecule has 0 unspecified atom stereocenters. The minimum Gasteiger partial charge on any atom is -0.357 e. The van der Waals surface area contributed by atoms with Crippen LogP contribution in [0.1, 0.15) is 38.8 Å². The van der Waals surface area contributed by atoms with Crippen LogP contribution in [0.15, 0.2) is 29.3 Å². The van der Waals surface area contributed by atoms with Crippen LogP contribution in [0.5, 0.6) is 0 Å². The van der Waals surface area contributed by atoms with Gasteiger partial charge < -0.3 is 16.0 Å². The highest BCUT2D eigenvalue weighted by Crippen LogP contribution is 2.29. The zero-order valence-corrected chi connectivity index (χ0v) is 18.4. The first kappa shape index (κ1) is 25.5. The second-order valence-electron chi connectivity index (χ2n) is 6.49. The van der Waals surface area contributed by atoms with Crippen molar-refractivity contribution in [3.05, 3.63) is 35.4 Å². The molecule has 1 aromatic rings. The Kier molecular flexibility index (Phi) is 10.7. The van der Waals surface area contributed by atoms with E-state index in [0.717, 1.165) is 12.1 Å². The van der Waals surface area contributed by atoms with E-state index in [-0.39, 0.29) is 36.4 Å². The molecule has 0 aliphatic carbocycles. The molecule has 0 aliphatic heterocycles. The molecule has 9 heteroatoms. The third kappa shape index (κ3) is 8.81. The zero-order chi connectivity index (χ0) is 19.8. The lowest BCUT2D eigenvalue weighted by Crippen LogP contribution is -2.47. The lowest BCUT2D eigenvalue weighted by atomic mass is 9.92. The van der Waals surface area contributed by atoms with Gasteiger partial charge in [-0.3, -0.25) is 4.79 Å². The van der Waals surface area contributed by atoms with Gasteiger partial charge in [0.2, 0.25) is 5.91 Å². The predicted molar refractivity (Wildman–Crippen MR) is 112 cm³/mol. The molecule has 27 heavy (non-hydrogen) atoms. The molecular formula is C18H28F3IN4O. The van der Waals surface area contributed by atoms with Crippen molar-refractivity contribution in [1.29, 1.82) is 0 Å². The summed E-state index contributed by atoms with van der Waals surface area (Å²) in [5.74, 6) is 0.364. The van der Waals surface area contributed by atoms with E-state index in [9.17, 15) is 18.0 Å². The van der Waals surface area contributed by atoms with Gasteiger partial charge in [-0.1, -0.05) is 12.1 Å². The summed E-state index contributed by atoms with van der Waals surface area (Å²) in [6.45, 7) is 8.93. The average molecular weight is 500 g/mol. The van der Waals surface area contributed by atoms with Gasteiger partial charge in [0.25, 0.3) is 0 Å². The van der Waals surface area contributed by atoms with E-state index in [1.165, 1.54) is 6.07 Å². The number of carbonyl (C=O) groups excluding carboxylic acids is 1. The molecule has 1 aromatic carbocycles. The topological polar surface area (TPSA) is 65.5 Å². The number of aliphatic imine (C=N–C) groups is 1. The fraction of sp³-hybridized carbons (Fsp3) is 0.556. The van der Waals surface area contributed by atoms with Crippen LogP contribution in [-0.4, -0.2) is 31.5 Å². The Bertz CT molecular complexity index is 633. The van der Waals surface area contributed by atoms with E-state index in [0.29, 0.717) is 31.2 Å². The van der Waals surface area contributed by atoms with E-state index < -0.39 is 17.2 Å². The van der Waals surface area contributed by atoms with Crippen molar-refractivity contribution in [1.82, 2.24) is 16.0 Å². The number of nitrogens with one attached hydrogen (secondary N) is 3. The molecule has 0 radical (unpaired) electrons. The van der Waals surface area contributed by atoms with Crippen molar-refractivity contribution in [3.63, 3.8) is 0 Å². The van der Waals surface area contributed by atoms with Gasteiger partial charge in [-0.15, -0.1) is 24.0 Å². The largest absolute Gasteiger partial charge is 0.416 e. The summed E-state index contributed by atoms with van der Waals surface area (Å²) in [4.78, 5) is 16.3. The molecule has 3 N–H and O–H groups in total. The second-order valence-corrected chi connectivity index (χ2v) is 6.49. The van der Waals surface area contributed by atoms with E-state index in [1.54, 1.807) is 19.9 Å². The normalized spacial score (nSPS) is 12.2. The molecular weight excluding hydrogens is 472 g/mol. The molecule has 0 heterocycles. The quantitative estimate of drug-likeness (QED) is 0.305. The van der Waals surface area contributed by atoms with Gasteiger partial charge in [0.15, 0.2) is 5.96 Å². The number of rotatable bonds is 7. The van der Waals surface area contributed by atoms with Gasteiger partial charge in [-0.05, 0) is 45.4 Å². The molecule has 0 atom stereocenters. The lowest BCUT2D eigenvalue weighted by Gasteiger charge is -2.24. The summed E-state index contributed by atoms with van der Waals surface area (Å²) in [5.41, 5.74) is -0.886. The second kappa shape index (κ2) is 11.4. The molecule has 154 valence electrons. The highest BCUT2D eigenvalue weighted by Gasteiger charge is 2.30. The van der Waals surface area contributed by atoms with Crippen LogP contribution >= 0.6 is 24.0 Å². The number of guanidine groups is 1. The Balaban J connectivity index is 0.00000676.